The summed E-state index contributed by atoms with van der Waals surface area (Å²) in [7, 11) is -4.29. The van der Waals surface area contributed by atoms with Gasteiger partial charge in [0.05, 0.1) is 52.2 Å². The topological polar surface area (TPSA) is 183 Å². The van der Waals surface area contributed by atoms with E-state index in [4.69, 9.17) is 16.6 Å². The summed E-state index contributed by atoms with van der Waals surface area (Å²) in [5, 5.41) is 6.36. The van der Waals surface area contributed by atoms with Gasteiger partial charge in [0, 0.05) is 44.3 Å². The smallest absolute Gasteiger partial charge is 0.366 e. The number of nitrogens with zero attached hydrogens (tertiary/aromatic N) is 8. The number of carbonyl (C=O) groups is 2. The highest BCUT2D eigenvalue weighted by atomic mass is 35.5. The van der Waals surface area contributed by atoms with E-state index in [1.807, 2.05) is 40.1 Å². The molecule has 2 fully saturated rings. The number of amides is 4. The van der Waals surface area contributed by atoms with Crippen molar-refractivity contribution in [2.75, 3.05) is 68.7 Å². The van der Waals surface area contributed by atoms with Gasteiger partial charge in [-0.05, 0) is 66.9 Å². The van der Waals surface area contributed by atoms with E-state index < -0.39 is 52.0 Å². The molecule has 25 heteroatoms. The van der Waals surface area contributed by atoms with Crippen LogP contribution >= 0.6 is 35.8 Å². The number of aromatic nitrogens is 4. The number of sulfone groups is 1. The van der Waals surface area contributed by atoms with Crippen molar-refractivity contribution in [1.29, 1.82) is 0 Å². The summed E-state index contributed by atoms with van der Waals surface area (Å²) in [6.07, 6.45) is -5.65. The third kappa shape index (κ3) is 13.1. The molecule has 0 unspecified atom stereocenters. The Labute approximate surface area is 396 Å². The first-order chi connectivity index (χ1) is 31.4. The number of alkyl halides is 6. The number of nitrogens with two attached hydrogens (primary N) is 1. The second-order valence-electron chi connectivity index (χ2n) is 15.2. The molecule has 0 aliphatic carbocycles. The largest absolute Gasteiger partial charge is 0.400 e. The van der Waals surface area contributed by atoms with Crippen molar-refractivity contribution in [3.05, 3.63) is 108 Å². The van der Waals surface area contributed by atoms with E-state index in [2.05, 4.69) is 60.5 Å². The zero-order valence-electron chi connectivity index (χ0n) is 35.1. The molecule has 4 bridgehead atoms. The molecular weight excluding hydrogens is 972 g/mol. The molecule has 0 radical (unpaired) electrons. The number of benzene rings is 1. The van der Waals surface area contributed by atoms with E-state index in [1.54, 1.807) is 30.1 Å². The van der Waals surface area contributed by atoms with Crippen LogP contribution in [0.2, 0.25) is 5.02 Å². The maximum atomic E-state index is 13.1. The Kier molecular flexibility index (Phi) is 16.3. The maximum absolute atomic E-state index is 13.1. The molecule has 0 spiro atoms. The van der Waals surface area contributed by atoms with Crippen LogP contribution in [0.4, 0.5) is 70.6 Å². The van der Waals surface area contributed by atoms with Gasteiger partial charge in [-0.25, -0.2) is 37.9 Å². The highest BCUT2D eigenvalue weighted by Gasteiger charge is 2.42. The van der Waals surface area contributed by atoms with Gasteiger partial charge in [0.1, 0.15) is 11.6 Å². The normalized spacial score (nSPS) is 16.9. The van der Waals surface area contributed by atoms with Gasteiger partial charge in [-0.15, -0.1) is 24.2 Å². The number of pyridine rings is 4. The molecule has 5 aromatic rings. The zero-order chi connectivity index (χ0) is 47.2. The fraction of sp³-hybridized carbons (Fsp3) is 0.333. The van der Waals surface area contributed by atoms with Crippen molar-refractivity contribution in [2.45, 2.75) is 59.5 Å². The lowest BCUT2D eigenvalue weighted by Gasteiger charge is -2.35. The van der Waals surface area contributed by atoms with Gasteiger partial charge in [0.2, 0.25) is 0 Å². The van der Waals surface area contributed by atoms with Crippen LogP contribution in [0.5, 0.6) is 0 Å². The number of hydrogen-bond donors (Lipinski definition) is 3. The number of halogens is 8. The number of carbonyl (C=O) groups excluding carboxylic acids is 2. The Morgan fingerprint density at radius 1 is 0.746 bits per heavy atom. The van der Waals surface area contributed by atoms with Crippen molar-refractivity contribution in [3.63, 3.8) is 0 Å². The number of rotatable bonds is 8. The second-order valence-corrected chi connectivity index (χ2v) is 18.7. The first kappa shape index (κ1) is 50.8. The van der Waals surface area contributed by atoms with Crippen LogP contribution in [-0.4, -0.2) is 103 Å². The van der Waals surface area contributed by atoms with E-state index in [0.29, 0.717) is 36.0 Å². The predicted octanol–water partition coefficient (Wildman–Crippen LogP) is 8.82. The highest BCUT2D eigenvalue weighted by Crippen LogP contribution is 2.42. The molecule has 4 amide bonds. The van der Waals surface area contributed by atoms with Gasteiger partial charge >= 0.3 is 24.4 Å². The van der Waals surface area contributed by atoms with Crippen molar-refractivity contribution in [3.8, 4) is 0 Å². The molecular formula is C42H43Cl2F6N11O4S2. The molecule has 67 heavy (non-hydrogen) atoms. The van der Waals surface area contributed by atoms with Crippen LogP contribution in [0.1, 0.15) is 24.8 Å². The molecule has 4 aliphatic rings. The lowest BCUT2D eigenvalue weighted by Crippen LogP contribution is -2.48. The van der Waals surface area contributed by atoms with Crippen molar-refractivity contribution >= 4 is 92.3 Å². The monoisotopic (exact) mass is 1010 g/mol. The fourth-order valence-corrected chi connectivity index (χ4v) is 9.62. The minimum absolute atomic E-state index is 0. The van der Waals surface area contributed by atoms with Gasteiger partial charge in [-0.2, -0.15) is 26.3 Å². The molecule has 358 valence electrons. The molecule has 9 rings (SSSR count). The summed E-state index contributed by atoms with van der Waals surface area (Å²) in [4.78, 5) is 50.8. The van der Waals surface area contributed by atoms with Crippen LogP contribution < -0.4 is 36.0 Å². The molecule has 1 aromatic carbocycles. The lowest BCUT2D eigenvalue weighted by atomic mass is 10.2. The highest BCUT2D eigenvalue weighted by molar-refractivity contribution is 7.98. The Hall–Kier alpha value is -5.62. The Balaban J connectivity index is 0.000000195. The van der Waals surface area contributed by atoms with E-state index in [0.717, 1.165) is 41.8 Å². The van der Waals surface area contributed by atoms with E-state index in [-0.39, 0.29) is 42.2 Å². The Morgan fingerprint density at radius 2 is 1.31 bits per heavy atom. The number of nitrogens with one attached hydrogen (secondary N) is 2. The van der Waals surface area contributed by atoms with Crippen LogP contribution in [0, 0.1) is 0 Å². The van der Waals surface area contributed by atoms with Gasteiger partial charge in [0.15, 0.2) is 26.5 Å². The molecule has 4 aliphatic heterocycles. The van der Waals surface area contributed by atoms with E-state index >= 15 is 0 Å². The lowest BCUT2D eigenvalue weighted by molar-refractivity contribution is -0.130. The third-order valence-electron chi connectivity index (χ3n) is 10.6. The second kappa shape index (κ2) is 21.6. The summed E-state index contributed by atoms with van der Waals surface area (Å²) in [6, 6.07) is 24.8. The minimum atomic E-state index is -4.61. The van der Waals surface area contributed by atoms with Crippen LogP contribution in [0.15, 0.2) is 107 Å². The predicted molar refractivity (Wildman–Crippen MR) is 247 cm³/mol. The summed E-state index contributed by atoms with van der Waals surface area (Å²) in [5.41, 5.74) is 7.01. The fourth-order valence-electron chi connectivity index (χ4n) is 7.47. The number of thioether (sulfide) groups is 1. The third-order valence-corrected chi connectivity index (χ3v) is 13.4. The molecule has 15 nitrogen and oxygen atoms in total. The van der Waals surface area contributed by atoms with Crippen molar-refractivity contribution in [1.82, 2.24) is 19.9 Å². The Bertz CT molecular complexity index is 2610. The maximum Gasteiger partial charge on any atom is 0.400 e. The summed E-state index contributed by atoms with van der Waals surface area (Å²) in [5.74, 6) is 1.36. The number of fused-ring (bicyclic) bond motifs is 8. The quantitative estimate of drug-likeness (QED) is 0.0994. The van der Waals surface area contributed by atoms with Gasteiger partial charge in [-0.1, -0.05) is 48.0 Å². The average Bonchev–Trinajstić information content (AvgIpc) is 3.91. The van der Waals surface area contributed by atoms with E-state index in [1.165, 1.54) is 34.9 Å². The number of urea groups is 2. The Morgan fingerprint density at radius 3 is 1.85 bits per heavy atom. The minimum Gasteiger partial charge on any atom is -0.366 e. The zero-order valence-corrected chi connectivity index (χ0v) is 38.3. The van der Waals surface area contributed by atoms with Gasteiger partial charge < -0.3 is 15.5 Å². The molecule has 2 saturated heterocycles. The SMILES string of the molecule is Cl.NCC(F)(F)F.O=C(Nc1ccc(Cl)cn1)N1c2nc(S(=O)(=O)CCC(F)(F)F)ccc2N2CC[C@H]1C2.O=C(Nc1ccccn1)N1c2nc(SCc3ccccc3)ccc2N2CC[C@H]1C2. The van der Waals surface area contributed by atoms with Crippen molar-refractivity contribution < 1.29 is 44.3 Å². The summed E-state index contributed by atoms with van der Waals surface area (Å²) < 4.78 is 94.4. The molecule has 8 heterocycles. The first-order valence-electron chi connectivity index (χ1n) is 20.4. The first-order valence-corrected chi connectivity index (χ1v) is 23.4. The number of hydrogen-bond acceptors (Lipinski definition) is 12. The summed E-state index contributed by atoms with van der Waals surface area (Å²) in [6.45, 7) is 1.75. The van der Waals surface area contributed by atoms with E-state index in [9.17, 15) is 44.3 Å². The van der Waals surface area contributed by atoms with Crippen LogP contribution in [0.25, 0.3) is 0 Å². The average molecular weight is 1010 g/mol. The van der Waals surface area contributed by atoms with Crippen LogP contribution in [0.3, 0.4) is 0 Å². The van der Waals surface area contributed by atoms with Gasteiger partial charge in [-0.3, -0.25) is 20.4 Å². The molecule has 4 N–H and O–H groups in total. The molecule has 2 atom stereocenters. The summed E-state index contributed by atoms with van der Waals surface area (Å²) >= 11 is 7.49. The standard InChI is InChI=1S/C22H21N5OS.C18H17ClF3N5O3S.C2H4F3N.ClH/c28-22(24-19-8-4-5-12-23-19)27-17-11-13-26(14-17)18-9-10-20(25-21(18)27)29-15-16-6-2-1-3-7-16;19-11-1-3-14(23-9-11)24-17(28)27-12-5-7-26(10-12)13-2-4-15(25-16(13)27)31(29,30)8-6-18(20,21)22;3-2(4,5)1-6;/h1-10,12,17H,11,13-15H2,(H,23,24,28);1-4,9,12H,5-8,10H2,(H,23,24,28);1,6H2;1H/t17-;12-;;/m00../s1. The van der Waals surface area contributed by atoms with Gasteiger partial charge in [0.25, 0.3) is 0 Å². The van der Waals surface area contributed by atoms with Crippen molar-refractivity contribution in [2.24, 2.45) is 5.73 Å². The number of anilines is 6. The van der Waals surface area contributed by atoms with Crippen LogP contribution in [-0.2, 0) is 15.6 Å². The molecule has 0 saturated carbocycles. The molecule has 4 aromatic heterocycles.